The van der Waals surface area contributed by atoms with E-state index in [9.17, 15) is 0 Å². The van der Waals surface area contributed by atoms with Crippen LogP contribution in [0.2, 0.25) is 0 Å². The van der Waals surface area contributed by atoms with E-state index in [0.717, 1.165) is 69.1 Å². The highest BCUT2D eigenvalue weighted by molar-refractivity contribution is 7.09. The Morgan fingerprint density at radius 2 is 2.00 bits per heavy atom. The number of nitrogens with one attached hydrogen (secondary N) is 1. The first-order valence-corrected chi connectivity index (χ1v) is 10.5. The Morgan fingerprint density at radius 3 is 2.54 bits per heavy atom. The van der Waals surface area contributed by atoms with Gasteiger partial charge in [-0.2, -0.15) is 4.37 Å². The molecule has 1 aliphatic rings. The minimum absolute atomic E-state index is 0.299. The van der Waals surface area contributed by atoms with E-state index in [4.69, 9.17) is 4.74 Å². The Labute approximate surface area is 162 Å². The number of guanidine groups is 1. The average molecular weight is 383 g/mol. The van der Waals surface area contributed by atoms with E-state index >= 15 is 0 Å². The fourth-order valence-electron chi connectivity index (χ4n) is 3.11. The Kier molecular flexibility index (Phi) is 8.58. The van der Waals surface area contributed by atoms with Gasteiger partial charge in [0.2, 0.25) is 5.13 Å². The van der Waals surface area contributed by atoms with E-state index in [1.165, 1.54) is 11.5 Å². The SMILES string of the molecule is CCOC(CCNC(=NC)N1CCN(c2nc(CC)ns2)CC1)C(C)C. The van der Waals surface area contributed by atoms with Crippen LogP contribution in [0.4, 0.5) is 5.13 Å². The summed E-state index contributed by atoms with van der Waals surface area (Å²) in [4.78, 5) is 13.7. The number of anilines is 1. The number of aliphatic imine (C=N–C) groups is 1. The van der Waals surface area contributed by atoms with Crippen LogP contribution < -0.4 is 10.2 Å². The second kappa shape index (κ2) is 10.7. The number of nitrogens with zero attached hydrogens (tertiary/aromatic N) is 5. The Morgan fingerprint density at radius 1 is 1.27 bits per heavy atom. The van der Waals surface area contributed by atoms with Gasteiger partial charge in [-0.05, 0) is 19.3 Å². The molecular weight excluding hydrogens is 348 g/mol. The van der Waals surface area contributed by atoms with Gasteiger partial charge in [-0.3, -0.25) is 4.99 Å². The predicted molar refractivity (Wildman–Crippen MR) is 109 cm³/mol. The van der Waals surface area contributed by atoms with Crippen molar-refractivity contribution in [3.8, 4) is 0 Å². The monoisotopic (exact) mass is 382 g/mol. The first kappa shape index (κ1) is 20.9. The highest BCUT2D eigenvalue weighted by atomic mass is 32.1. The molecule has 1 unspecified atom stereocenters. The fourth-order valence-corrected chi connectivity index (χ4v) is 3.91. The lowest BCUT2D eigenvalue weighted by molar-refractivity contribution is 0.0257. The molecule has 8 heteroatoms. The molecule has 7 nitrogen and oxygen atoms in total. The van der Waals surface area contributed by atoms with E-state index in [1.54, 1.807) is 0 Å². The number of rotatable bonds is 8. The van der Waals surface area contributed by atoms with Crippen LogP contribution in [0.15, 0.2) is 4.99 Å². The van der Waals surface area contributed by atoms with Gasteiger partial charge in [0.25, 0.3) is 0 Å². The van der Waals surface area contributed by atoms with Crippen LogP contribution in [0.3, 0.4) is 0 Å². The smallest absolute Gasteiger partial charge is 0.205 e. The van der Waals surface area contributed by atoms with Gasteiger partial charge in [-0.1, -0.05) is 20.8 Å². The van der Waals surface area contributed by atoms with Crippen molar-refractivity contribution in [1.82, 2.24) is 19.6 Å². The summed E-state index contributed by atoms with van der Waals surface area (Å²) < 4.78 is 10.2. The molecule has 1 N–H and O–H groups in total. The normalized spacial score (nSPS) is 17.1. The number of hydrogen-bond donors (Lipinski definition) is 1. The fraction of sp³-hybridized carbons (Fsp3) is 0.833. The highest BCUT2D eigenvalue weighted by Crippen LogP contribution is 2.19. The number of aryl methyl sites for hydroxylation is 1. The van der Waals surface area contributed by atoms with Crippen LogP contribution in [0.5, 0.6) is 0 Å². The van der Waals surface area contributed by atoms with Crippen LogP contribution >= 0.6 is 11.5 Å². The molecule has 1 fully saturated rings. The van der Waals surface area contributed by atoms with Crippen LogP contribution in [-0.2, 0) is 11.2 Å². The molecule has 1 atom stereocenters. The van der Waals surface area contributed by atoms with Gasteiger partial charge in [0, 0.05) is 64.3 Å². The first-order valence-electron chi connectivity index (χ1n) is 9.73. The Bertz CT molecular complexity index is 554. The van der Waals surface area contributed by atoms with E-state index in [0.29, 0.717) is 12.0 Å². The molecule has 148 valence electrons. The van der Waals surface area contributed by atoms with Crippen molar-refractivity contribution in [3.05, 3.63) is 5.82 Å². The molecule has 26 heavy (non-hydrogen) atoms. The van der Waals surface area contributed by atoms with Crippen LogP contribution in [0, 0.1) is 5.92 Å². The number of ether oxygens (including phenoxy) is 1. The second-order valence-corrected chi connectivity index (χ2v) is 7.55. The summed E-state index contributed by atoms with van der Waals surface area (Å²) in [5.41, 5.74) is 0. The van der Waals surface area contributed by atoms with E-state index in [2.05, 4.69) is 57.2 Å². The molecule has 2 heterocycles. The van der Waals surface area contributed by atoms with Gasteiger partial charge in [-0.25, -0.2) is 4.98 Å². The van der Waals surface area contributed by atoms with Crippen molar-refractivity contribution in [2.45, 2.75) is 46.6 Å². The molecule has 0 aromatic carbocycles. The molecule has 1 aromatic heterocycles. The van der Waals surface area contributed by atoms with E-state index in [1.807, 2.05) is 7.05 Å². The lowest BCUT2D eigenvalue weighted by Gasteiger charge is -2.36. The van der Waals surface area contributed by atoms with Gasteiger partial charge in [0.1, 0.15) is 5.82 Å². The summed E-state index contributed by atoms with van der Waals surface area (Å²) in [7, 11) is 1.86. The van der Waals surface area contributed by atoms with Crippen LogP contribution in [0.25, 0.3) is 0 Å². The van der Waals surface area contributed by atoms with Crippen molar-refractivity contribution in [1.29, 1.82) is 0 Å². The van der Waals surface area contributed by atoms with Crippen molar-refractivity contribution in [2.24, 2.45) is 10.9 Å². The topological polar surface area (TPSA) is 65.9 Å². The molecule has 1 saturated heterocycles. The third-order valence-electron chi connectivity index (χ3n) is 4.67. The van der Waals surface area contributed by atoms with Gasteiger partial charge < -0.3 is 19.9 Å². The summed E-state index contributed by atoms with van der Waals surface area (Å²) in [6.07, 6.45) is 2.19. The van der Waals surface area contributed by atoms with Gasteiger partial charge in [-0.15, -0.1) is 0 Å². The maximum atomic E-state index is 5.83. The Hall–Kier alpha value is -1.41. The molecule has 0 aliphatic carbocycles. The van der Waals surface area contributed by atoms with Crippen molar-refractivity contribution in [2.75, 3.05) is 51.3 Å². The number of piperazine rings is 1. The summed E-state index contributed by atoms with van der Waals surface area (Å²) in [6, 6.07) is 0. The van der Waals surface area contributed by atoms with Crippen LogP contribution in [0.1, 0.15) is 39.9 Å². The largest absolute Gasteiger partial charge is 0.378 e. The Balaban J connectivity index is 1.79. The highest BCUT2D eigenvalue weighted by Gasteiger charge is 2.22. The predicted octanol–water partition coefficient (Wildman–Crippen LogP) is 2.25. The molecule has 1 aromatic rings. The lowest BCUT2D eigenvalue weighted by Crippen LogP contribution is -2.52. The average Bonchev–Trinajstić information content (AvgIpc) is 3.13. The number of hydrogen-bond acceptors (Lipinski definition) is 6. The zero-order chi connectivity index (χ0) is 18.9. The van der Waals surface area contributed by atoms with Gasteiger partial charge >= 0.3 is 0 Å². The van der Waals surface area contributed by atoms with Crippen molar-refractivity contribution < 1.29 is 4.74 Å². The standard InChI is InChI=1S/C18H34N6OS/c1-6-16-21-18(26-22-16)24-12-10-23(11-13-24)17(19-5)20-9-8-15(14(3)4)25-7-2/h14-15H,6-13H2,1-5H3,(H,19,20). The summed E-state index contributed by atoms with van der Waals surface area (Å²) >= 11 is 1.51. The molecule has 0 radical (unpaired) electrons. The lowest BCUT2D eigenvalue weighted by atomic mass is 10.0. The number of aromatic nitrogens is 2. The summed E-state index contributed by atoms with van der Waals surface area (Å²) in [5.74, 6) is 2.45. The molecule has 0 bridgehead atoms. The van der Waals surface area contributed by atoms with Crippen molar-refractivity contribution in [3.63, 3.8) is 0 Å². The maximum absolute atomic E-state index is 5.83. The van der Waals surface area contributed by atoms with Gasteiger partial charge in [0.15, 0.2) is 5.96 Å². The first-order chi connectivity index (χ1) is 12.6. The zero-order valence-corrected chi connectivity index (χ0v) is 17.7. The third kappa shape index (κ3) is 5.81. The summed E-state index contributed by atoms with van der Waals surface area (Å²) in [6.45, 7) is 14.0. The van der Waals surface area contributed by atoms with Crippen LogP contribution in [-0.4, -0.2) is 72.7 Å². The molecule has 0 saturated carbocycles. The van der Waals surface area contributed by atoms with E-state index in [-0.39, 0.29) is 0 Å². The van der Waals surface area contributed by atoms with Gasteiger partial charge in [0.05, 0.1) is 6.10 Å². The third-order valence-corrected chi connectivity index (χ3v) is 5.49. The van der Waals surface area contributed by atoms with Crippen molar-refractivity contribution >= 4 is 22.6 Å². The maximum Gasteiger partial charge on any atom is 0.205 e. The summed E-state index contributed by atoms with van der Waals surface area (Å²) in [5, 5.41) is 4.55. The minimum Gasteiger partial charge on any atom is -0.378 e. The quantitative estimate of drug-likeness (QED) is 0.549. The zero-order valence-electron chi connectivity index (χ0n) is 16.9. The minimum atomic E-state index is 0.299. The molecular formula is C18H34N6OS. The molecule has 0 spiro atoms. The van der Waals surface area contributed by atoms with E-state index < -0.39 is 0 Å². The molecule has 1 aliphatic heterocycles. The molecule has 0 amide bonds. The molecule has 2 rings (SSSR count). The second-order valence-electron chi connectivity index (χ2n) is 6.82.